The van der Waals surface area contributed by atoms with Gasteiger partial charge in [0.1, 0.15) is 6.04 Å². The number of nitrogens with one attached hydrogen (secondary N) is 1. The van der Waals surface area contributed by atoms with Gasteiger partial charge in [0.15, 0.2) is 5.17 Å². The molecular weight excluding hydrogens is 424 g/mol. The van der Waals surface area contributed by atoms with Crippen LogP contribution in [0.3, 0.4) is 0 Å². The Labute approximate surface area is 190 Å². The quantitative estimate of drug-likeness (QED) is 0.573. The second-order valence-electron chi connectivity index (χ2n) is 8.66. The van der Waals surface area contributed by atoms with Crippen molar-refractivity contribution < 1.29 is 19.1 Å². The number of thioether (sulfide) groups is 1. The summed E-state index contributed by atoms with van der Waals surface area (Å²) in [5.41, 5.74) is 4.36. The summed E-state index contributed by atoms with van der Waals surface area (Å²) in [5.74, 6) is -1.22. The van der Waals surface area contributed by atoms with E-state index in [4.69, 9.17) is 4.74 Å². The number of benzene rings is 2. The lowest BCUT2D eigenvalue weighted by atomic mass is 9.52. The maximum absolute atomic E-state index is 13.6. The van der Waals surface area contributed by atoms with Crippen molar-refractivity contribution in [3.05, 3.63) is 70.8 Å². The molecule has 6 nitrogen and oxygen atoms in total. The molecule has 0 radical (unpaired) electrons. The SMILES string of the molecule is CCOC(=O)C(=O)C1CSC(NC(=O)C2(C)CC3c4ccccc4C2c2ccccc23)=N1. The smallest absolute Gasteiger partial charge is 0.376 e. The van der Waals surface area contributed by atoms with E-state index in [9.17, 15) is 14.4 Å². The van der Waals surface area contributed by atoms with Crippen molar-refractivity contribution in [1.29, 1.82) is 0 Å². The fourth-order valence-corrected chi connectivity index (χ4v) is 6.25. The lowest BCUT2D eigenvalue weighted by molar-refractivity contribution is -0.153. The van der Waals surface area contributed by atoms with E-state index in [1.54, 1.807) is 6.92 Å². The Hall–Kier alpha value is -2.93. The van der Waals surface area contributed by atoms with Crippen LogP contribution in [0.25, 0.3) is 0 Å². The molecular formula is C25H24N2O4S. The number of carbonyl (C=O) groups is 3. The zero-order valence-electron chi connectivity index (χ0n) is 18.0. The molecule has 0 aromatic heterocycles. The van der Waals surface area contributed by atoms with Crippen molar-refractivity contribution in [1.82, 2.24) is 5.32 Å². The van der Waals surface area contributed by atoms with Crippen LogP contribution < -0.4 is 5.32 Å². The molecule has 2 bridgehead atoms. The third-order valence-corrected chi connectivity index (χ3v) is 7.76. The molecule has 32 heavy (non-hydrogen) atoms. The average molecular weight is 449 g/mol. The molecule has 2 aromatic carbocycles. The van der Waals surface area contributed by atoms with E-state index in [0.717, 1.165) is 0 Å². The summed E-state index contributed by atoms with van der Waals surface area (Å²) >= 11 is 1.29. The van der Waals surface area contributed by atoms with E-state index < -0.39 is 23.2 Å². The van der Waals surface area contributed by atoms with E-state index in [-0.39, 0.29) is 24.3 Å². The summed E-state index contributed by atoms with van der Waals surface area (Å²) in [5, 5.41) is 3.35. The number of hydrogen-bond donors (Lipinski definition) is 1. The average Bonchev–Trinajstić information content (AvgIpc) is 3.27. The molecule has 2 aromatic rings. The van der Waals surface area contributed by atoms with Crippen LogP contribution in [0.1, 0.15) is 54.4 Å². The lowest BCUT2D eigenvalue weighted by Gasteiger charge is -2.50. The van der Waals surface area contributed by atoms with Crippen molar-refractivity contribution in [2.75, 3.05) is 12.4 Å². The van der Waals surface area contributed by atoms with Gasteiger partial charge in [-0.25, -0.2) is 9.79 Å². The zero-order chi connectivity index (χ0) is 22.5. The van der Waals surface area contributed by atoms with Gasteiger partial charge in [0, 0.05) is 17.6 Å². The summed E-state index contributed by atoms with van der Waals surface area (Å²) < 4.78 is 4.79. The largest absolute Gasteiger partial charge is 0.460 e. The first-order valence-corrected chi connectivity index (χ1v) is 11.8. The summed E-state index contributed by atoms with van der Waals surface area (Å²) in [7, 11) is 0. The van der Waals surface area contributed by atoms with E-state index in [1.807, 2.05) is 19.1 Å². The summed E-state index contributed by atoms with van der Waals surface area (Å²) in [6, 6.07) is 16.0. The van der Waals surface area contributed by atoms with Gasteiger partial charge in [0.2, 0.25) is 5.91 Å². The van der Waals surface area contributed by atoms with Crippen LogP contribution in [0.15, 0.2) is 53.5 Å². The van der Waals surface area contributed by atoms with Gasteiger partial charge in [0.25, 0.3) is 5.78 Å². The molecule has 7 heteroatoms. The highest BCUT2D eigenvalue weighted by molar-refractivity contribution is 8.14. The van der Waals surface area contributed by atoms with E-state index in [2.05, 4.69) is 46.7 Å². The molecule has 1 aliphatic heterocycles. The number of fused-ring (bicyclic) bond motifs is 1. The second kappa shape index (κ2) is 7.89. The lowest BCUT2D eigenvalue weighted by Crippen LogP contribution is -2.50. The Morgan fingerprint density at radius 2 is 1.66 bits per heavy atom. The number of rotatable bonds is 4. The van der Waals surface area contributed by atoms with E-state index in [0.29, 0.717) is 17.3 Å². The van der Waals surface area contributed by atoms with Crippen LogP contribution in [0, 0.1) is 5.41 Å². The molecule has 4 aliphatic rings. The fourth-order valence-electron chi connectivity index (χ4n) is 5.34. The number of Topliss-reactive ketones (excluding diaryl/α,β-unsaturated/α-hetero) is 1. The van der Waals surface area contributed by atoms with Gasteiger partial charge in [0.05, 0.1) is 12.0 Å². The highest BCUT2D eigenvalue weighted by Crippen LogP contribution is 2.60. The Morgan fingerprint density at radius 1 is 1.06 bits per heavy atom. The van der Waals surface area contributed by atoms with E-state index >= 15 is 0 Å². The Balaban J connectivity index is 1.42. The van der Waals surface area contributed by atoms with E-state index in [1.165, 1.54) is 34.0 Å². The minimum absolute atomic E-state index is 0.0520. The molecule has 3 aliphatic carbocycles. The molecule has 0 saturated heterocycles. The normalized spacial score (nSPS) is 27.2. The van der Waals surface area contributed by atoms with Gasteiger partial charge < -0.3 is 10.1 Å². The van der Waals surface area contributed by atoms with Crippen LogP contribution in [0.2, 0.25) is 0 Å². The van der Waals surface area contributed by atoms with Crippen LogP contribution in [-0.4, -0.2) is 41.2 Å². The first kappa shape index (κ1) is 20.9. The third-order valence-electron chi connectivity index (χ3n) is 6.80. The fraction of sp³-hybridized carbons (Fsp3) is 0.360. The maximum Gasteiger partial charge on any atom is 0.376 e. The molecule has 0 fully saturated rings. The number of amidine groups is 1. The van der Waals surface area contributed by atoms with Crippen LogP contribution in [0.4, 0.5) is 0 Å². The predicted octanol–water partition coefficient (Wildman–Crippen LogP) is 3.39. The predicted molar refractivity (Wildman–Crippen MR) is 123 cm³/mol. The molecule has 0 spiro atoms. The highest BCUT2D eigenvalue weighted by Gasteiger charge is 2.54. The summed E-state index contributed by atoms with van der Waals surface area (Å²) in [6.45, 7) is 3.81. The Bertz CT molecular complexity index is 1110. The van der Waals surface area contributed by atoms with Crippen molar-refractivity contribution in [3.8, 4) is 0 Å². The Morgan fingerprint density at radius 3 is 2.25 bits per heavy atom. The van der Waals surface area contributed by atoms with Crippen LogP contribution in [0.5, 0.6) is 0 Å². The van der Waals surface area contributed by atoms with Gasteiger partial charge in [-0.05, 0) is 42.5 Å². The van der Waals surface area contributed by atoms with Crippen molar-refractivity contribution >= 4 is 34.6 Å². The molecule has 2 unspecified atom stereocenters. The topological polar surface area (TPSA) is 84.8 Å². The maximum atomic E-state index is 13.6. The van der Waals surface area contributed by atoms with Crippen molar-refractivity contribution in [2.24, 2.45) is 10.4 Å². The number of ketones is 1. The highest BCUT2D eigenvalue weighted by atomic mass is 32.2. The Kier molecular flexibility index (Phi) is 5.16. The van der Waals surface area contributed by atoms with Gasteiger partial charge in [-0.2, -0.15) is 0 Å². The number of aliphatic imine (C=N–C) groups is 1. The third kappa shape index (κ3) is 3.18. The number of carbonyl (C=O) groups excluding carboxylic acids is 3. The second-order valence-corrected chi connectivity index (χ2v) is 9.67. The number of ether oxygens (including phenoxy) is 1. The van der Waals surface area contributed by atoms with Gasteiger partial charge in [-0.3, -0.25) is 9.59 Å². The van der Waals surface area contributed by atoms with Crippen molar-refractivity contribution in [3.63, 3.8) is 0 Å². The first-order valence-electron chi connectivity index (χ1n) is 10.8. The van der Waals surface area contributed by atoms with Gasteiger partial charge >= 0.3 is 5.97 Å². The number of nitrogens with zero attached hydrogens (tertiary/aromatic N) is 1. The molecule has 1 N–H and O–H groups in total. The minimum Gasteiger partial charge on any atom is -0.460 e. The zero-order valence-corrected chi connectivity index (χ0v) is 18.8. The van der Waals surface area contributed by atoms with Crippen molar-refractivity contribution in [2.45, 2.75) is 38.1 Å². The number of hydrogen-bond acceptors (Lipinski definition) is 6. The van der Waals surface area contributed by atoms with Crippen LogP contribution in [-0.2, 0) is 19.1 Å². The molecule has 0 saturated carbocycles. The van der Waals surface area contributed by atoms with Gasteiger partial charge in [-0.1, -0.05) is 60.3 Å². The summed E-state index contributed by atoms with van der Waals surface area (Å²) in [6.07, 6.45) is 0.709. The number of esters is 1. The molecule has 1 heterocycles. The summed E-state index contributed by atoms with van der Waals surface area (Å²) in [4.78, 5) is 41.9. The molecule has 2 atom stereocenters. The molecule has 1 amide bonds. The minimum atomic E-state index is -0.876. The van der Waals surface area contributed by atoms with Gasteiger partial charge in [-0.15, -0.1) is 0 Å². The monoisotopic (exact) mass is 448 g/mol. The standard InChI is InChI=1S/C25H24N2O4S/c1-3-31-22(29)21(28)19-13-32-24(26-19)27-23(30)25(2)12-18-14-8-4-6-10-16(14)20(25)17-11-7-5-9-15(17)18/h4-11,18-20H,3,12-13H2,1-2H3,(H,26,27,30). The molecule has 164 valence electrons. The first-order chi connectivity index (χ1) is 15.4. The number of amides is 1. The van der Waals surface area contributed by atoms with Crippen LogP contribution >= 0.6 is 11.8 Å². The molecule has 6 rings (SSSR count).